The number of benzene rings is 7. The Bertz CT molecular complexity index is 5120. The van der Waals surface area contributed by atoms with Gasteiger partial charge in [-0.1, -0.05) is 178 Å². The van der Waals surface area contributed by atoms with E-state index in [1.54, 1.807) is 22.7 Å². The second-order valence-corrected chi connectivity index (χ2v) is 30.3. The highest BCUT2D eigenvalue weighted by molar-refractivity contribution is 7.24. The molecule has 0 amide bonds. The van der Waals surface area contributed by atoms with Crippen molar-refractivity contribution in [2.75, 3.05) is 0 Å². The van der Waals surface area contributed by atoms with Crippen LogP contribution in [0.3, 0.4) is 0 Å². The van der Waals surface area contributed by atoms with Gasteiger partial charge in [-0.25, -0.2) is 19.9 Å². The van der Waals surface area contributed by atoms with Crippen LogP contribution in [0.5, 0.6) is 0 Å². The molecule has 0 fully saturated rings. The number of fused-ring (bicyclic) bond motifs is 10. The summed E-state index contributed by atoms with van der Waals surface area (Å²) in [4.78, 5) is 32.4. The Morgan fingerprint density at radius 1 is 0.274 bits per heavy atom. The van der Waals surface area contributed by atoms with Gasteiger partial charge in [-0.05, 0) is 70.1 Å². The molecule has 0 bridgehead atoms. The van der Waals surface area contributed by atoms with Gasteiger partial charge in [0.2, 0.25) is 0 Å². The molecule has 15 aromatic rings. The zero-order valence-corrected chi connectivity index (χ0v) is 52.9. The van der Waals surface area contributed by atoms with E-state index in [0.29, 0.717) is 0 Å². The lowest BCUT2D eigenvalue weighted by Crippen LogP contribution is -2.39. The van der Waals surface area contributed by atoms with E-state index < -0.39 is 0 Å². The van der Waals surface area contributed by atoms with E-state index in [0.717, 1.165) is 125 Å². The van der Waals surface area contributed by atoms with Gasteiger partial charge in [0, 0.05) is 94.0 Å². The third-order valence-corrected chi connectivity index (χ3v) is 23.8. The van der Waals surface area contributed by atoms with Gasteiger partial charge < -0.3 is 0 Å². The maximum Gasteiger partial charge on any atom is 0.116 e. The number of rotatable bonds is 9. The Labute approximate surface area is 511 Å². The molecular formula is C70H56N8S6. The number of hydrogen-bond donors (Lipinski definition) is 0. The van der Waals surface area contributed by atoms with Gasteiger partial charge in [-0.3, -0.25) is 0 Å². The van der Waals surface area contributed by atoms with E-state index in [4.69, 9.17) is 37.4 Å². The minimum absolute atomic E-state index is 0.0186. The van der Waals surface area contributed by atoms with Crippen molar-refractivity contribution in [1.82, 2.24) is 37.4 Å². The Morgan fingerprint density at radius 2 is 0.631 bits per heavy atom. The lowest BCUT2D eigenvalue weighted by Gasteiger charge is -2.40. The predicted octanol–water partition coefficient (Wildman–Crippen LogP) is 21.1. The molecule has 0 aliphatic heterocycles. The van der Waals surface area contributed by atoms with Crippen molar-refractivity contribution in [2.24, 2.45) is 0 Å². The maximum atomic E-state index is 5.71. The molecule has 0 aliphatic rings. The highest BCUT2D eigenvalue weighted by Crippen LogP contribution is 2.54. The van der Waals surface area contributed by atoms with Crippen molar-refractivity contribution in [2.45, 2.75) is 90.9 Å². The Morgan fingerprint density at radius 3 is 1.12 bits per heavy atom. The van der Waals surface area contributed by atoms with E-state index >= 15 is 0 Å². The standard InChI is InChI=1S/C70H56N8S6/c1-67(2,3)48-34-32-46(81-48)52-60-59(71-55(37-21-13-11-14-22-37)56(72-60)38-23-15-12-16-24-38)51(62-63(52)76-83-75-62)45-30-29-43(79-45)44-31-35-49(80-44)69(7,8)70(9,10)50-36-33-47(82-50)53-61-65(54(68(4,5)6)66-64(53)77-84-78-66)74-58-42-28-20-18-26-40(42)39-25-17-19-27-41(39)57(58)73-61/h11-36H,1-10H3. The second-order valence-electron chi connectivity index (χ2n) is 24.9. The quantitative estimate of drug-likeness (QED) is 0.104. The fraction of sp³-hybridized carbons (Fsp3) is 0.200. The highest BCUT2D eigenvalue weighted by Gasteiger charge is 2.42. The fourth-order valence-electron chi connectivity index (χ4n) is 12.0. The summed E-state index contributed by atoms with van der Waals surface area (Å²) in [6.45, 7) is 23.1. The summed E-state index contributed by atoms with van der Waals surface area (Å²) in [6, 6.07) is 56.3. The Kier molecular flexibility index (Phi) is 12.3. The van der Waals surface area contributed by atoms with Crippen molar-refractivity contribution < 1.29 is 0 Å². The average molecular weight is 1200 g/mol. The van der Waals surface area contributed by atoms with Crippen LogP contribution in [0.1, 0.15) is 89.4 Å². The third-order valence-electron chi connectivity index (χ3n) is 17.1. The summed E-state index contributed by atoms with van der Waals surface area (Å²) < 4.78 is 20.3. The first kappa shape index (κ1) is 53.2. The molecule has 8 aromatic heterocycles. The molecule has 0 aliphatic carbocycles. The fourth-order valence-corrected chi connectivity index (χ4v) is 17.9. The molecule has 0 spiro atoms. The topological polar surface area (TPSA) is 103 Å². The van der Waals surface area contributed by atoms with E-state index in [-0.39, 0.29) is 21.7 Å². The van der Waals surface area contributed by atoms with Crippen LogP contribution >= 0.6 is 68.8 Å². The number of hydrogen-bond acceptors (Lipinski definition) is 14. The van der Waals surface area contributed by atoms with Gasteiger partial charge in [-0.15, -0.1) is 45.3 Å². The molecule has 0 unspecified atom stereocenters. The molecule has 0 radical (unpaired) electrons. The molecule has 15 rings (SSSR count). The van der Waals surface area contributed by atoms with E-state index in [1.807, 2.05) is 34.8 Å². The van der Waals surface area contributed by atoms with Crippen LogP contribution in [0.15, 0.2) is 158 Å². The van der Waals surface area contributed by atoms with Gasteiger partial charge in [0.15, 0.2) is 0 Å². The zero-order valence-electron chi connectivity index (χ0n) is 48.0. The lowest BCUT2D eigenvalue weighted by molar-refractivity contribution is 0.314. The molecule has 0 N–H and O–H groups in total. The molecular weight excluding hydrogens is 1150 g/mol. The normalized spacial score (nSPS) is 12.9. The molecule has 412 valence electrons. The van der Waals surface area contributed by atoms with Crippen LogP contribution in [-0.4, -0.2) is 37.4 Å². The summed E-state index contributed by atoms with van der Waals surface area (Å²) in [7, 11) is 0. The van der Waals surface area contributed by atoms with Crippen molar-refractivity contribution >= 4 is 146 Å². The summed E-state index contributed by atoms with van der Waals surface area (Å²) in [6.07, 6.45) is 0. The summed E-state index contributed by atoms with van der Waals surface area (Å²) >= 11 is 9.82. The number of thiophene rings is 4. The largest absolute Gasteiger partial charge is 0.243 e. The van der Waals surface area contributed by atoms with E-state index in [1.165, 1.54) is 58.6 Å². The van der Waals surface area contributed by atoms with Crippen molar-refractivity contribution in [1.29, 1.82) is 0 Å². The van der Waals surface area contributed by atoms with Crippen LogP contribution in [-0.2, 0) is 21.7 Å². The molecule has 7 aromatic carbocycles. The molecule has 0 saturated heterocycles. The van der Waals surface area contributed by atoms with Gasteiger partial charge in [0.05, 0.1) is 51.4 Å². The first-order valence-electron chi connectivity index (χ1n) is 28.2. The molecule has 0 saturated carbocycles. The van der Waals surface area contributed by atoms with Crippen LogP contribution in [0.25, 0.3) is 140 Å². The highest BCUT2D eigenvalue weighted by atomic mass is 32.1. The van der Waals surface area contributed by atoms with E-state index in [2.05, 4.69) is 215 Å². The Hall–Kier alpha value is -7.56. The summed E-state index contributed by atoms with van der Waals surface area (Å²) in [5.74, 6) is 0. The number of nitrogens with zero attached hydrogens (tertiary/aromatic N) is 8. The zero-order chi connectivity index (χ0) is 57.6. The van der Waals surface area contributed by atoms with Crippen LogP contribution in [0, 0.1) is 0 Å². The first-order valence-corrected chi connectivity index (χ1v) is 32.9. The Balaban J connectivity index is 0.835. The van der Waals surface area contributed by atoms with Crippen molar-refractivity contribution in [3.8, 4) is 63.6 Å². The van der Waals surface area contributed by atoms with Crippen LogP contribution < -0.4 is 0 Å². The average Bonchev–Trinajstić information content (AvgIpc) is 1.31. The van der Waals surface area contributed by atoms with Gasteiger partial charge in [0.25, 0.3) is 0 Å². The monoisotopic (exact) mass is 1200 g/mol. The van der Waals surface area contributed by atoms with Gasteiger partial charge >= 0.3 is 0 Å². The molecule has 84 heavy (non-hydrogen) atoms. The molecule has 8 nitrogen and oxygen atoms in total. The summed E-state index contributed by atoms with van der Waals surface area (Å²) in [5, 5.41) is 4.54. The summed E-state index contributed by atoms with van der Waals surface area (Å²) in [5.41, 5.74) is 15.5. The van der Waals surface area contributed by atoms with Crippen molar-refractivity contribution in [3.05, 3.63) is 178 Å². The van der Waals surface area contributed by atoms with Gasteiger partial charge in [0.1, 0.15) is 38.6 Å². The minimum Gasteiger partial charge on any atom is -0.243 e. The first-order chi connectivity index (χ1) is 40.4. The smallest absolute Gasteiger partial charge is 0.116 e. The molecule has 14 heteroatoms. The second kappa shape index (κ2) is 19.5. The molecule has 8 heterocycles. The van der Waals surface area contributed by atoms with E-state index in [9.17, 15) is 0 Å². The number of aromatic nitrogens is 8. The van der Waals surface area contributed by atoms with Crippen LogP contribution in [0.4, 0.5) is 0 Å². The maximum absolute atomic E-state index is 5.71. The van der Waals surface area contributed by atoms with Crippen LogP contribution in [0.2, 0.25) is 0 Å². The predicted molar refractivity (Wildman–Crippen MR) is 361 cm³/mol. The van der Waals surface area contributed by atoms with Crippen molar-refractivity contribution in [3.63, 3.8) is 0 Å². The lowest BCUT2D eigenvalue weighted by atomic mass is 9.66. The third kappa shape index (κ3) is 8.34. The van der Waals surface area contributed by atoms with Gasteiger partial charge in [-0.2, -0.15) is 17.5 Å². The minimum atomic E-state index is -0.291. The SMILES string of the molecule is CC(C)(C)c1ccc(-c2c3nsnc3c(-c3ccc(-c4ccc(C(C)(C)C(C)(C)c5ccc(-c6c7nsnc7c(C(C)(C)C)c7nc8c9ccccc9c9ccccc9c8nc67)s5)s4)s3)c3nc(-c4ccccc4)c(-c4ccccc4)nc23)s1. The molecule has 0 atom stereocenters.